The van der Waals surface area contributed by atoms with E-state index in [-0.39, 0.29) is 17.7 Å². The van der Waals surface area contributed by atoms with Crippen molar-refractivity contribution >= 4 is 17.4 Å². The number of hydrogen-bond donors (Lipinski definition) is 1. The predicted molar refractivity (Wildman–Crippen MR) is 85.8 cm³/mol. The third kappa shape index (κ3) is 3.50. The van der Waals surface area contributed by atoms with Crippen LogP contribution in [0.25, 0.3) is 0 Å². The number of amidine groups is 1. The summed E-state index contributed by atoms with van der Waals surface area (Å²) < 4.78 is 5.19. The maximum absolute atomic E-state index is 12.3. The Morgan fingerprint density at radius 1 is 1.33 bits per heavy atom. The Balaban J connectivity index is 2.24. The lowest BCUT2D eigenvalue weighted by molar-refractivity contribution is -0.121. The van der Waals surface area contributed by atoms with Crippen molar-refractivity contribution in [3.8, 4) is 0 Å². The summed E-state index contributed by atoms with van der Waals surface area (Å²) in [5, 5.41) is 3.30. The van der Waals surface area contributed by atoms with Crippen LogP contribution in [0.1, 0.15) is 44.6 Å². The van der Waals surface area contributed by atoms with Gasteiger partial charge in [-0.15, -0.1) is 0 Å². The van der Waals surface area contributed by atoms with Crippen LogP contribution in [0.5, 0.6) is 0 Å². The minimum absolute atomic E-state index is 0.0160. The maximum Gasteiger partial charge on any atom is 0.250 e. The Labute approximate surface area is 126 Å². The molecule has 0 saturated heterocycles. The molecule has 1 heterocycles. The zero-order valence-electron chi connectivity index (χ0n) is 13.1. The van der Waals surface area contributed by atoms with Gasteiger partial charge < -0.3 is 10.1 Å². The third-order valence-corrected chi connectivity index (χ3v) is 4.11. The molecule has 0 fully saturated rings. The first-order valence-corrected chi connectivity index (χ1v) is 7.68. The molecule has 1 atom stereocenters. The summed E-state index contributed by atoms with van der Waals surface area (Å²) >= 11 is 0. The van der Waals surface area contributed by atoms with Crippen molar-refractivity contribution in [2.45, 2.75) is 39.0 Å². The van der Waals surface area contributed by atoms with E-state index in [4.69, 9.17) is 4.74 Å². The summed E-state index contributed by atoms with van der Waals surface area (Å²) in [4.78, 5) is 16.7. The van der Waals surface area contributed by atoms with Gasteiger partial charge in [0.15, 0.2) is 0 Å². The highest BCUT2D eigenvalue weighted by atomic mass is 16.5. The first-order chi connectivity index (χ1) is 10.2. The van der Waals surface area contributed by atoms with Crippen molar-refractivity contribution < 1.29 is 9.53 Å². The van der Waals surface area contributed by atoms with Crippen LogP contribution in [0.3, 0.4) is 0 Å². The van der Waals surface area contributed by atoms with E-state index in [0.29, 0.717) is 6.61 Å². The molecule has 1 aliphatic heterocycles. The second-order valence-corrected chi connectivity index (χ2v) is 5.40. The molecule has 4 nitrogen and oxygen atoms in total. The van der Waals surface area contributed by atoms with Crippen LogP contribution in [-0.2, 0) is 9.53 Å². The second-order valence-electron chi connectivity index (χ2n) is 5.40. The van der Waals surface area contributed by atoms with E-state index < -0.39 is 0 Å². The van der Waals surface area contributed by atoms with Crippen molar-refractivity contribution in [2.75, 3.05) is 19.0 Å². The lowest BCUT2D eigenvalue weighted by atomic mass is 9.97. The zero-order chi connectivity index (χ0) is 15.2. The Morgan fingerprint density at radius 2 is 2.05 bits per heavy atom. The quantitative estimate of drug-likeness (QED) is 0.870. The number of anilines is 1. The number of nitrogens with one attached hydrogen (secondary N) is 1. The maximum atomic E-state index is 12.3. The minimum atomic E-state index is -0.0160. The monoisotopic (exact) mass is 288 g/mol. The van der Waals surface area contributed by atoms with Gasteiger partial charge in [-0.25, -0.2) is 0 Å². The molecule has 1 aromatic rings. The molecular weight excluding hydrogens is 264 g/mol. The molecule has 0 aliphatic carbocycles. The van der Waals surface area contributed by atoms with Crippen molar-refractivity contribution in [1.82, 2.24) is 0 Å². The molecule has 21 heavy (non-hydrogen) atoms. The lowest BCUT2D eigenvalue weighted by Gasteiger charge is -2.12. The van der Waals surface area contributed by atoms with Crippen LogP contribution in [0.15, 0.2) is 29.3 Å². The zero-order valence-corrected chi connectivity index (χ0v) is 13.1. The van der Waals surface area contributed by atoms with Crippen LogP contribution < -0.4 is 5.32 Å². The van der Waals surface area contributed by atoms with Gasteiger partial charge in [0, 0.05) is 31.2 Å². The Kier molecular flexibility index (Phi) is 5.51. The molecule has 114 valence electrons. The van der Waals surface area contributed by atoms with Crippen LogP contribution in [0, 0.1) is 5.92 Å². The highest BCUT2D eigenvalue weighted by molar-refractivity contribution is 6.11. The summed E-state index contributed by atoms with van der Waals surface area (Å²) in [5.41, 5.74) is 2.25. The van der Waals surface area contributed by atoms with Gasteiger partial charge in [0.1, 0.15) is 5.84 Å². The second kappa shape index (κ2) is 7.36. The first kappa shape index (κ1) is 15.7. The van der Waals surface area contributed by atoms with Crippen molar-refractivity contribution in [3.05, 3.63) is 29.8 Å². The van der Waals surface area contributed by atoms with Gasteiger partial charge in [-0.3, -0.25) is 4.79 Å². The number of benzene rings is 1. The van der Waals surface area contributed by atoms with Crippen LogP contribution in [0.2, 0.25) is 0 Å². The summed E-state index contributed by atoms with van der Waals surface area (Å²) in [6, 6.07) is 8.13. The molecule has 1 aliphatic rings. The number of para-hydroxylation sites is 1. The summed E-state index contributed by atoms with van der Waals surface area (Å²) in [7, 11) is 1.69. The van der Waals surface area contributed by atoms with Gasteiger partial charge in [0.25, 0.3) is 0 Å². The lowest BCUT2D eigenvalue weighted by Crippen LogP contribution is -2.20. The highest BCUT2D eigenvalue weighted by Crippen LogP contribution is 2.35. The first-order valence-electron chi connectivity index (χ1n) is 7.68. The molecule has 0 saturated carbocycles. The fourth-order valence-corrected chi connectivity index (χ4v) is 2.77. The largest absolute Gasteiger partial charge is 0.385 e. The van der Waals surface area contributed by atoms with Gasteiger partial charge in [0.2, 0.25) is 5.91 Å². The summed E-state index contributed by atoms with van der Waals surface area (Å²) in [6.07, 6.45) is 2.50. The smallest absolute Gasteiger partial charge is 0.250 e. The molecular formula is C17H24N2O2. The number of carbonyl (C=O) groups is 1. The SMILES string of the molecule is CCC(CC)C(=O)N=C1Nc2ccccc2C1CCOC. The highest BCUT2D eigenvalue weighted by Gasteiger charge is 2.29. The van der Waals surface area contributed by atoms with E-state index in [1.165, 1.54) is 5.56 Å². The number of nitrogens with zero attached hydrogens (tertiary/aromatic N) is 1. The molecule has 0 bridgehead atoms. The van der Waals surface area contributed by atoms with Gasteiger partial charge in [-0.2, -0.15) is 4.99 Å². The normalized spacial score (nSPS) is 18.9. The molecule has 1 N–H and O–H groups in total. The summed E-state index contributed by atoms with van der Waals surface area (Å²) in [5.74, 6) is 0.897. The Hall–Kier alpha value is -1.68. The fourth-order valence-electron chi connectivity index (χ4n) is 2.77. The fraction of sp³-hybridized carbons (Fsp3) is 0.529. The van der Waals surface area contributed by atoms with E-state index in [2.05, 4.69) is 16.4 Å². The number of fused-ring (bicyclic) bond motifs is 1. The van der Waals surface area contributed by atoms with Crippen molar-refractivity contribution in [2.24, 2.45) is 10.9 Å². The van der Waals surface area contributed by atoms with Gasteiger partial charge in [0.05, 0.1) is 0 Å². The number of aliphatic imine (C=N–C) groups is 1. The average Bonchev–Trinajstić information content (AvgIpc) is 2.83. The Morgan fingerprint density at radius 3 is 2.71 bits per heavy atom. The topological polar surface area (TPSA) is 50.7 Å². The molecule has 1 unspecified atom stereocenters. The van der Waals surface area contributed by atoms with Gasteiger partial charge in [-0.05, 0) is 30.9 Å². The standard InChI is InChI=1S/C17H24N2O2/c1-4-12(5-2)17(20)19-16-14(10-11-21-3)13-8-6-7-9-15(13)18-16/h6-9,12,14H,4-5,10-11H2,1-3H3,(H,18,19,20). The van der Waals surface area contributed by atoms with Crippen LogP contribution in [-0.4, -0.2) is 25.5 Å². The predicted octanol–water partition coefficient (Wildman–Crippen LogP) is 3.59. The number of amides is 1. The van der Waals surface area contributed by atoms with Crippen molar-refractivity contribution in [1.29, 1.82) is 0 Å². The van der Waals surface area contributed by atoms with E-state index in [1.807, 2.05) is 32.0 Å². The van der Waals surface area contributed by atoms with E-state index >= 15 is 0 Å². The average molecular weight is 288 g/mol. The van der Waals surface area contributed by atoms with Crippen molar-refractivity contribution in [3.63, 3.8) is 0 Å². The molecule has 0 aromatic heterocycles. The number of hydrogen-bond acceptors (Lipinski definition) is 2. The molecule has 1 aromatic carbocycles. The van der Waals surface area contributed by atoms with E-state index in [0.717, 1.165) is 30.8 Å². The summed E-state index contributed by atoms with van der Waals surface area (Å²) in [6.45, 7) is 4.72. The van der Waals surface area contributed by atoms with Crippen LogP contribution >= 0.6 is 0 Å². The Bertz CT molecular complexity index is 521. The van der Waals surface area contributed by atoms with Gasteiger partial charge in [-0.1, -0.05) is 32.0 Å². The number of rotatable bonds is 6. The molecule has 0 spiro atoms. The number of ether oxygens (including phenoxy) is 1. The molecule has 0 radical (unpaired) electrons. The van der Waals surface area contributed by atoms with Gasteiger partial charge >= 0.3 is 0 Å². The number of methoxy groups -OCH3 is 1. The molecule has 1 amide bonds. The van der Waals surface area contributed by atoms with E-state index in [1.54, 1.807) is 7.11 Å². The third-order valence-electron chi connectivity index (χ3n) is 4.11. The van der Waals surface area contributed by atoms with E-state index in [9.17, 15) is 4.79 Å². The number of carbonyl (C=O) groups excluding carboxylic acids is 1. The minimum Gasteiger partial charge on any atom is -0.385 e. The molecule has 2 rings (SSSR count). The van der Waals surface area contributed by atoms with Crippen LogP contribution in [0.4, 0.5) is 5.69 Å². The molecule has 4 heteroatoms.